The van der Waals surface area contributed by atoms with Crippen molar-refractivity contribution in [1.82, 2.24) is 4.57 Å². The van der Waals surface area contributed by atoms with Gasteiger partial charge >= 0.3 is 0 Å². The molecule has 0 atom stereocenters. The quantitative estimate of drug-likeness (QED) is 0.755. The predicted octanol–water partition coefficient (Wildman–Crippen LogP) is 2.80. The molecule has 0 N–H and O–H groups in total. The fourth-order valence-corrected chi connectivity index (χ4v) is 2.21. The molecule has 2 nitrogen and oxygen atoms in total. The molecule has 0 saturated carbocycles. The van der Waals surface area contributed by atoms with E-state index in [1.54, 1.807) is 10.6 Å². The molecule has 16 heavy (non-hydrogen) atoms. The monoisotopic (exact) mass is 215 g/mol. The predicted molar refractivity (Wildman–Crippen MR) is 67.9 cm³/mol. The van der Waals surface area contributed by atoms with Gasteiger partial charge in [-0.05, 0) is 36.6 Å². The second kappa shape index (κ2) is 4.12. The molecule has 0 amide bonds. The molecule has 0 unspecified atom stereocenters. The molecule has 0 bridgehead atoms. The molecule has 0 aliphatic rings. The molecule has 0 fully saturated rings. The fourth-order valence-electron chi connectivity index (χ4n) is 2.21. The van der Waals surface area contributed by atoms with E-state index >= 15 is 0 Å². The smallest absolute Gasteiger partial charge is 0.250 e. The summed E-state index contributed by atoms with van der Waals surface area (Å²) >= 11 is 0. The van der Waals surface area contributed by atoms with Gasteiger partial charge in [-0.3, -0.25) is 4.79 Å². The molecule has 0 spiro atoms. The largest absolute Gasteiger partial charge is 0.311 e. The van der Waals surface area contributed by atoms with Crippen LogP contribution in [0.2, 0.25) is 0 Å². The molecule has 2 rings (SSSR count). The van der Waals surface area contributed by atoms with Gasteiger partial charge in [0.15, 0.2) is 0 Å². The Bertz CT molecular complexity index is 581. The van der Waals surface area contributed by atoms with Crippen molar-refractivity contribution in [2.24, 2.45) is 7.05 Å². The van der Waals surface area contributed by atoms with Crippen molar-refractivity contribution in [3.63, 3.8) is 0 Å². The van der Waals surface area contributed by atoms with Gasteiger partial charge in [0, 0.05) is 18.5 Å². The summed E-state index contributed by atoms with van der Waals surface area (Å²) in [7, 11) is 1.83. The van der Waals surface area contributed by atoms with Crippen LogP contribution in [0.5, 0.6) is 0 Å². The molecule has 84 valence electrons. The van der Waals surface area contributed by atoms with Crippen molar-refractivity contribution >= 4 is 10.9 Å². The number of rotatable bonds is 2. The molecule has 0 radical (unpaired) electrons. The van der Waals surface area contributed by atoms with E-state index in [1.807, 2.05) is 19.2 Å². The third kappa shape index (κ3) is 1.64. The Kier molecular flexibility index (Phi) is 2.82. The van der Waals surface area contributed by atoms with Crippen LogP contribution in [0, 0.1) is 6.92 Å². The van der Waals surface area contributed by atoms with E-state index < -0.39 is 0 Å². The van der Waals surface area contributed by atoms with Crippen LogP contribution >= 0.6 is 0 Å². The van der Waals surface area contributed by atoms with Crippen molar-refractivity contribution in [2.45, 2.75) is 26.7 Å². The van der Waals surface area contributed by atoms with Crippen LogP contribution in [0.3, 0.4) is 0 Å². The number of aromatic nitrogens is 1. The summed E-state index contributed by atoms with van der Waals surface area (Å²) in [6, 6.07) is 7.74. The first-order valence-corrected chi connectivity index (χ1v) is 5.73. The highest BCUT2D eigenvalue weighted by Crippen LogP contribution is 2.21. The highest BCUT2D eigenvalue weighted by molar-refractivity contribution is 5.83. The Morgan fingerprint density at radius 3 is 2.62 bits per heavy atom. The average molecular weight is 215 g/mol. The Hall–Kier alpha value is -1.57. The van der Waals surface area contributed by atoms with Gasteiger partial charge in [0.2, 0.25) is 0 Å². The first-order chi connectivity index (χ1) is 7.65. The Labute approximate surface area is 95.5 Å². The van der Waals surface area contributed by atoms with Crippen LogP contribution in [0.1, 0.15) is 24.5 Å². The summed E-state index contributed by atoms with van der Waals surface area (Å²) < 4.78 is 1.72. The van der Waals surface area contributed by atoms with Crippen LogP contribution in [0.15, 0.2) is 29.1 Å². The SMILES string of the molecule is CCCc1c(C)ccc2c1ccc(=O)n2C. The lowest BCUT2D eigenvalue weighted by atomic mass is 9.99. The molecule has 2 aromatic rings. The van der Waals surface area contributed by atoms with Crippen LogP contribution in [-0.2, 0) is 13.5 Å². The zero-order chi connectivity index (χ0) is 11.7. The van der Waals surface area contributed by atoms with Gasteiger partial charge in [0.05, 0.1) is 5.52 Å². The van der Waals surface area contributed by atoms with Gasteiger partial charge in [-0.1, -0.05) is 19.4 Å². The first kappa shape index (κ1) is 10.9. The number of hydrogen-bond acceptors (Lipinski definition) is 1. The van der Waals surface area contributed by atoms with E-state index in [4.69, 9.17) is 0 Å². The average Bonchev–Trinajstić information content (AvgIpc) is 2.27. The number of nitrogens with zero attached hydrogens (tertiary/aromatic N) is 1. The lowest BCUT2D eigenvalue weighted by molar-refractivity contribution is 0.893. The third-order valence-corrected chi connectivity index (χ3v) is 3.15. The zero-order valence-electron chi connectivity index (χ0n) is 10.1. The highest BCUT2D eigenvalue weighted by Gasteiger charge is 2.06. The van der Waals surface area contributed by atoms with Gasteiger partial charge in [0.25, 0.3) is 5.56 Å². The minimum Gasteiger partial charge on any atom is -0.311 e. The Morgan fingerprint density at radius 1 is 1.19 bits per heavy atom. The van der Waals surface area contributed by atoms with Crippen molar-refractivity contribution in [2.75, 3.05) is 0 Å². The molecule has 0 aliphatic carbocycles. The van der Waals surface area contributed by atoms with Gasteiger partial charge in [-0.25, -0.2) is 0 Å². The molecule has 0 saturated heterocycles. The van der Waals surface area contributed by atoms with E-state index in [-0.39, 0.29) is 5.56 Å². The van der Waals surface area contributed by atoms with E-state index in [2.05, 4.69) is 19.9 Å². The van der Waals surface area contributed by atoms with Crippen LogP contribution in [-0.4, -0.2) is 4.57 Å². The van der Waals surface area contributed by atoms with Gasteiger partial charge in [-0.15, -0.1) is 0 Å². The molecular formula is C14H17NO. The van der Waals surface area contributed by atoms with E-state index in [9.17, 15) is 4.79 Å². The highest BCUT2D eigenvalue weighted by atomic mass is 16.1. The van der Waals surface area contributed by atoms with Crippen molar-refractivity contribution < 1.29 is 0 Å². The minimum absolute atomic E-state index is 0.0544. The van der Waals surface area contributed by atoms with Crippen molar-refractivity contribution in [3.05, 3.63) is 45.7 Å². The normalized spacial score (nSPS) is 10.9. The number of fused-ring (bicyclic) bond motifs is 1. The lowest BCUT2D eigenvalue weighted by Crippen LogP contribution is -2.15. The summed E-state index contributed by atoms with van der Waals surface area (Å²) in [5.41, 5.74) is 3.77. The maximum absolute atomic E-state index is 11.6. The zero-order valence-corrected chi connectivity index (χ0v) is 10.1. The standard InChI is InChI=1S/C14H17NO/c1-4-5-11-10(2)6-8-13-12(11)7-9-14(16)15(13)3/h6-9H,4-5H2,1-3H3. The Balaban J connectivity index is 2.84. The topological polar surface area (TPSA) is 22.0 Å². The van der Waals surface area contributed by atoms with E-state index in [0.717, 1.165) is 18.4 Å². The molecule has 1 heterocycles. The molecular weight excluding hydrogens is 198 g/mol. The summed E-state index contributed by atoms with van der Waals surface area (Å²) in [6.45, 7) is 4.32. The van der Waals surface area contributed by atoms with Crippen LogP contribution < -0.4 is 5.56 Å². The van der Waals surface area contributed by atoms with E-state index in [1.165, 1.54) is 16.5 Å². The fraction of sp³-hybridized carbons (Fsp3) is 0.357. The maximum Gasteiger partial charge on any atom is 0.250 e. The summed E-state index contributed by atoms with van der Waals surface area (Å²) in [5, 5.41) is 1.21. The van der Waals surface area contributed by atoms with Gasteiger partial charge < -0.3 is 4.57 Å². The minimum atomic E-state index is 0.0544. The van der Waals surface area contributed by atoms with Gasteiger partial charge in [-0.2, -0.15) is 0 Å². The van der Waals surface area contributed by atoms with E-state index in [0.29, 0.717) is 0 Å². The molecule has 1 aromatic carbocycles. The second-order valence-electron chi connectivity index (χ2n) is 4.27. The number of aryl methyl sites for hydroxylation is 3. The number of pyridine rings is 1. The summed E-state index contributed by atoms with van der Waals surface area (Å²) in [5.74, 6) is 0. The maximum atomic E-state index is 11.6. The summed E-state index contributed by atoms with van der Waals surface area (Å²) in [4.78, 5) is 11.6. The molecule has 1 aromatic heterocycles. The molecule has 0 aliphatic heterocycles. The number of hydrogen-bond donors (Lipinski definition) is 0. The first-order valence-electron chi connectivity index (χ1n) is 5.73. The van der Waals surface area contributed by atoms with Gasteiger partial charge in [0.1, 0.15) is 0 Å². The van der Waals surface area contributed by atoms with Crippen molar-refractivity contribution in [3.8, 4) is 0 Å². The Morgan fingerprint density at radius 2 is 1.94 bits per heavy atom. The third-order valence-electron chi connectivity index (χ3n) is 3.15. The van der Waals surface area contributed by atoms with Crippen LogP contribution in [0.25, 0.3) is 10.9 Å². The molecule has 2 heteroatoms. The lowest BCUT2D eigenvalue weighted by Gasteiger charge is -2.11. The number of benzene rings is 1. The van der Waals surface area contributed by atoms with Crippen LogP contribution in [0.4, 0.5) is 0 Å². The second-order valence-corrected chi connectivity index (χ2v) is 4.27. The summed E-state index contributed by atoms with van der Waals surface area (Å²) in [6.07, 6.45) is 2.20. The van der Waals surface area contributed by atoms with Crippen molar-refractivity contribution in [1.29, 1.82) is 0 Å².